The lowest BCUT2D eigenvalue weighted by molar-refractivity contribution is 0.102. The quantitative estimate of drug-likeness (QED) is 0.937. The minimum absolute atomic E-state index is 0.150. The maximum atomic E-state index is 12.6. The predicted molar refractivity (Wildman–Crippen MR) is 95.3 cm³/mol. The van der Waals surface area contributed by atoms with Crippen LogP contribution in [0.5, 0.6) is 0 Å². The summed E-state index contributed by atoms with van der Waals surface area (Å²) in [5.41, 5.74) is 3.05. The van der Waals surface area contributed by atoms with Crippen molar-refractivity contribution in [1.82, 2.24) is 9.78 Å². The van der Waals surface area contributed by atoms with Crippen molar-refractivity contribution in [1.29, 1.82) is 0 Å². The predicted octanol–water partition coefficient (Wildman–Crippen LogP) is 3.65. The zero-order valence-corrected chi connectivity index (χ0v) is 14.8. The van der Waals surface area contributed by atoms with Gasteiger partial charge in [0.05, 0.1) is 16.9 Å². The summed E-state index contributed by atoms with van der Waals surface area (Å²) < 4.78 is 1.88. The summed E-state index contributed by atoms with van der Waals surface area (Å²) in [6, 6.07) is 9.62. The maximum absolute atomic E-state index is 12.6. The second-order valence-electron chi connectivity index (χ2n) is 6.74. The summed E-state index contributed by atoms with van der Waals surface area (Å²) in [6.45, 7) is 11.1. The van der Waals surface area contributed by atoms with Gasteiger partial charge in [-0.1, -0.05) is 12.1 Å². The van der Waals surface area contributed by atoms with Crippen LogP contribution < -0.4 is 10.2 Å². The van der Waals surface area contributed by atoms with Gasteiger partial charge < -0.3 is 10.2 Å². The van der Waals surface area contributed by atoms with E-state index < -0.39 is 0 Å². The minimum atomic E-state index is -0.187. The molecule has 0 bridgehead atoms. The minimum Gasteiger partial charge on any atom is -0.373 e. The van der Waals surface area contributed by atoms with E-state index in [4.69, 9.17) is 0 Å². The highest BCUT2D eigenvalue weighted by Gasteiger charge is 2.20. The highest BCUT2D eigenvalue weighted by molar-refractivity contribution is 6.04. The second-order valence-corrected chi connectivity index (χ2v) is 6.74. The number of aromatic nitrogens is 2. The molecule has 124 valence electrons. The lowest BCUT2D eigenvalue weighted by Gasteiger charge is -2.21. The molecule has 0 aliphatic heterocycles. The number of rotatable bonds is 4. The Hall–Kier alpha value is -2.30. The standard InChI is InChI=1S/C18H26N4O/c1-7-21(6)16-11-9-8-10-14(16)19-17(23)15-12-13(2)22(20-15)18(3,4)5/h8-12H,7H2,1-6H3,(H,19,23). The van der Waals surface area contributed by atoms with Crippen molar-refractivity contribution >= 4 is 17.3 Å². The topological polar surface area (TPSA) is 50.2 Å². The van der Waals surface area contributed by atoms with E-state index in [1.807, 2.05) is 49.0 Å². The molecule has 0 unspecified atom stereocenters. The Morgan fingerprint density at radius 2 is 1.96 bits per heavy atom. The first kappa shape index (κ1) is 17.1. The van der Waals surface area contributed by atoms with Crippen molar-refractivity contribution in [3.05, 3.63) is 41.7 Å². The summed E-state index contributed by atoms with van der Waals surface area (Å²) >= 11 is 0. The largest absolute Gasteiger partial charge is 0.373 e. The van der Waals surface area contributed by atoms with Gasteiger partial charge in [-0.2, -0.15) is 5.10 Å². The molecule has 0 aliphatic carbocycles. The molecule has 2 aromatic rings. The third kappa shape index (κ3) is 3.73. The Balaban J connectivity index is 2.27. The maximum Gasteiger partial charge on any atom is 0.276 e. The van der Waals surface area contributed by atoms with Gasteiger partial charge in [-0.05, 0) is 52.8 Å². The first-order valence-electron chi connectivity index (χ1n) is 7.92. The van der Waals surface area contributed by atoms with Crippen molar-refractivity contribution in [2.45, 2.75) is 40.2 Å². The van der Waals surface area contributed by atoms with Crippen molar-refractivity contribution in [2.24, 2.45) is 0 Å². The molecule has 1 amide bonds. The van der Waals surface area contributed by atoms with E-state index in [1.54, 1.807) is 0 Å². The van der Waals surface area contributed by atoms with Gasteiger partial charge >= 0.3 is 0 Å². The van der Waals surface area contributed by atoms with E-state index in [2.05, 4.69) is 43.0 Å². The summed E-state index contributed by atoms with van der Waals surface area (Å²) in [7, 11) is 2.00. The van der Waals surface area contributed by atoms with Gasteiger partial charge in [-0.3, -0.25) is 9.48 Å². The first-order chi connectivity index (χ1) is 10.7. The van der Waals surface area contributed by atoms with Crippen LogP contribution in [-0.2, 0) is 5.54 Å². The number of aryl methyl sites for hydroxylation is 1. The number of para-hydroxylation sites is 2. The number of carbonyl (C=O) groups excluding carboxylic acids is 1. The number of anilines is 2. The van der Waals surface area contributed by atoms with E-state index in [0.29, 0.717) is 5.69 Å². The molecule has 5 heteroatoms. The van der Waals surface area contributed by atoms with E-state index in [1.165, 1.54) is 0 Å². The molecule has 23 heavy (non-hydrogen) atoms. The summed E-state index contributed by atoms with van der Waals surface area (Å²) in [5.74, 6) is -0.187. The van der Waals surface area contributed by atoms with Crippen LogP contribution in [0.2, 0.25) is 0 Å². The van der Waals surface area contributed by atoms with Crippen LogP contribution in [0, 0.1) is 6.92 Å². The highest BCUT2D eigenvalue weighted by Crippen LogP contribution is 2.25. The lowest BCUT2D eigenvalue weighted by atomic mass is 10.1. The monoisotopic (exact) mass is 314 g/mol. The zero-order valence-electron chi connectivity index (χ0n) is 14.8. The van der Waals surface area contributed by atoms with Crippen LogP contribution in [0.25, 0.3) is 0 Å². The molecule has 0 aliphatic rings. The number of hydrogen-bond acceptors (Lipinski definition) is 3. The van der Waals surface area contributed by atoms with Crippen LogP contribution in [0.4, 0.5) is 11.4 Å². The Labute approximate surface area is 138 Å². The van der Waals surface area contributed by atoms with Gasteiger partial charge in [-0.25, -0.2) is 0 Å². The summed E-state index contributed by atoms with van der Waals surface area (Å²) in [5, 5.41) is 7.44. The number of carbonyl (C=O) groups is 1. The van der Waals surface area contributed by atoms with Crippen molar-refractivity contribution < 1.29 is 4.79 Å². The Kier molecular flexibility index (Phi) is 4.78. The fourth-order valence-corrected chi connectivity index (χ4v) is 2.53. The van der Waals surface area contributed by atoms with E-state index in [0.717, 1.165) is 23.6 Å². The molecule has 1 aromatic heterocycles. The van der Waals surface area contributed by atoms with E-state index in [-0.39, 0.29) is 11.4 Å². The van der Waals surface area contributed by atoms with Gasteiger partial charge in [0.1, 0.15) is 0 Å². The average molecular weight is 314 g/mol. The SMILES string of the molecule is CCN(C)c1ccccc1NC(=O)c1cc(C)n(C(C)(C)C)n1. The smallest absolute Gasteiger partial charge is 0.276 e. The number of nitrogens with one attached hydrogen (secondary N) is 1. The number of amides is 1. The van der Waals surface area contributed by atoms with Crippen molar-refractivity contribution in [2.75, 3.05) is 23.8 Å². The molecular weight excluding hydrogens is 288 g/mol. The molecule has 1 N–H and O–H groups in total. The third-order valence-corrected chi connectivity index (χ3v) is 3.79. The molecule has 2 rings (SSSR count). The molecule has 0 fully saturated rings. The van der Waals surface area contributed by atoms with E-state index in [9.17, 15) is 4.79 Å². The van der Waals surface area contributed by atoms with Gasteiger partial charge in [0.25, 0.3) is 5.91 Å². The summed E-state index contributed by atoms with van der Waals surface area (Å²) in [4.78, 5) is 14.7. The first-order valence-corrected chi connectivity index (χ1v) is 7.92. The Bertz CT molecular complexity index is 697. The van der Waals surface area contributed by atoms with Crippen molar-refractivity contribution in [3.63, 3.8) is 0 Å². The van der Waals surface area contributed by atoms with Gasteiger partial charge in [-0.15, -0.1) is 0 Å². The molecule has 5 nitrogen and oxygen atoms in total. The van der Waals surface area contributed by atoms with Gasteiger partial charge in [0, 0.05) is 19.3 Å². The third-order valence-electron chi connectivity index (χ3n) is 3.79. The van der Waals surface area contributed by atoms with Gasteiger partial charge in [0.2, 0.25) is 0 Å². The Morgan fingerprint density at radius 3 is 2.52 bits per heavy atom. The highest BCUT2D eigenvalue weighted by atomic mass is 16.2. The van der Waals surface area contributed by atoms with E-state index >= 15 is 0 Å². The molecule has 1 heterocycles. The number of benzene rings is 1. The molecule has 1 aromatic carbocycles. The fraction of sp³-hybridized carbons (Fsp3) is 0.444. The van der Waals surface area contributed by atoms with Crippen LogP contribution in [0.15, 0.2) is 30.3 Å². The molecule has 0 saturated heterocycles. The van der Waals surface area contributed by atoms with Crippen molar-refractivity contribution in [3.8, 4) is 0 Å². The number of nitrogens with zero attached hydrogens (tertiary/aromatic N) is 3. The molecular formula is C18H26N4O. The molecule has 0 atom stereocenters. The molecule has 0 radical (unpaired) electrons. The lowest BCUT2D eigenvalue weighted by Crippen LogP contribution is -2.25. The van der Waals surface area contributed by atoms with Crippen LogP contribution in [-0.4, -0.2) is 29.3 Å². The average Bonchev–Trinajstić information content (AvgIpc) is 2.89. The second kappa shape index (κ2) is 6.44. The Morgan fingerprint density at radius 1 is 1.30 bits per heavy atom. The molecule has 0 saturated carbocycles. The zero-order chi connectivity index (χ0) is 17.2. The van der Waals surface area contributed by atoms with Gasteiger partial charge in [0.15, 0.2) is 5.69 Å². The van der Waals surface area contributed by atoms with Crippen LogP contribution >= 0.6 is 0 Å². The van der Waals surface area contributed by atoms with Crippen LogP contribution in [0.1, 0.15) is 43.9 Å². The molecule has 0 spiro atoms. The number of hydrogen-bond donors (Lipinski definition) is 1. The summed E-state index contributed by atoms with van der Waals surface area (Å²) in [6.07, 6.45) is 0. The normalized spacial score (nSPS) is 11.4. The fourth-order valence-electron chi connectivity index (χ4n) is 2.53. The van der Waals surface area contributed by atoms with Crippen LogP contribution in [0.3, 0.4) is 0 Å².